The molecule has 0 saturated heterocycles. The Bertz CT molecular complexity index is 459. The van der Waals surface area contributed by atoms with E-state index in [4.69, 9.17) is 10.8 Å². The van der Waals surface area contributed by atoms with Gasteiger partial charge >= 0.3 is 0 Å². The summed E-state index contributed by atoms with van der Waals surface area (Å²) in [6.45, 7) is -0.203. The number of nitrogens with zero attached hydrogens (tertiary/aromatic N) is 2. The maximum absolute atomic E-state index is 10.9. The molecule has 0 fully saturated rings. The number of aliphatic hydroxyl groups is 1. The molecule has 0 bridgehead atoms. The minimum atomic E-state index is -0.515. The van der Waals surface area contributed by atoms with E-state index in [2.05, 4.69) is 4.98 Å². The molecule has 5 nitrogen and oxygen atoms in total. The van der Waals surface area contributed by atoms with Crippen molar-refractivity contribution in [2.45, 2.75) is 6.61 Å². The number of aliphatic hydroxyl groups excluding tert-OH is 1. The van der Waals surface area contributed by atoms with E-state index in [0.29, 0.717) is 11.5 Å². The van der Waals surface area contributed by atoms with Crippen LogP contribution in [0.15, 0.2) is 11.6 Å². The predicted octanol–water partition coefficient (Wildman–Crippen LogP) is -0.0130. The Labute approximate surface area is 77.4 Å². The van der Waals surface area contributed by atoms with E-state index in [1.165, 1.54) is 11.3 Å². The number of thiazole rings is 1. The number of primary amides is 1. The average Bonchev–Trinajstić information content (AvgIpc) is 2.61. The molecule has 0 aliphatic carbocycles. The fraction of sp³-hybridized carbons (Fsp3) is 0.143. The Balaban J connectivity index is 2.75. The van der Waals surface area contributed by atoms with Crippen LogP contribution in [0.1, 0.15) is 16.3 Å². The fourth-order valence-electron chi connectivity index (χ4n) is 1.16. The number of rotatable bonds is 2. The van der Waals surface area contributed by atoms with Gasteiger partial charge in [0.25, 0.3) is 5.91 Å². The van der Waals surface area contributed by atoms with Crippen molar-refractivity contribution in [2.75, 3.05) is 0 Å². The number of nitrogens with two attached hydrogens (primary N) is 1. The molecule has 0 radical (unpaired) electrons. The zero-order valence-corrected chi connectivity index (χ0v) is 7.41. The largest absolute Gasteiger partial charge is 0.388 e. The second-order valence-electron chi connectivity index (χ2n) is 2.49. The molecule has 0 unspecified atom stereocenters. The van der Waals surface area contributed by atoms with E-state index in [1.54, 1.807) is 16.0 Å². The molecule has 68 valence electrons. The normalized spacial score (nSPS) is 10.8. The topological polar surface area (TPSA) is 80.6 Å². The van der Waals surface area contributed by atoms with Gasteiger partial charge in [0.05, 0.1) is 6.20 Å². The lowest BCUT2D eigenvalue weighted by Gasteiger charge is -1.95. The molecular weight excluding hydrogens is 190 g/mol. The Morgan fingerprint density at radius 1 is 1.77 bits per heavy atom. The highest BCUT2D eigenvalue weighted by molar-refractivity contribution is 7.15. The van der Waals surface area contributed by atoms with E-state index < -0.39 is 5.91 Å². The highest BCUT2D eigenvalue weighted by Gasteiger charge is 2.12. The van der Waals surface area contributed by atoms with Crippen LogP contribution in [0.2, 0.25) is 0 Å². The summed E-state index contributed by atoms with van der Waals surface area (Å²) in [6, 6.07) is 0. The Morgan fingerprint density at radius 3 is 3.15 bits per heavy atom. The quantitative estimate of drug-likeness (QED) is 0.710. The molecule has 6 heteroatoms. The molecule has 2 aromatic rings. The standard InChI is InChI=1S/C7H7N3O2S/c8-7(12)4-3-13-6-1-9-5(2-11)10(4)6/h1,3,11H,2H2,(H2,8,12). The summed E-state index contributed by atoms with van der Waals surface area (Å²) in [6.07, 6.45) is 1.60. The third kappa shape index (κ3) is 1.11. The molecule has 0 saturated carbocycles. The van der Waals surface area contributed by atoms with Crippen molar-refractivity contribution in [3.63, 3.8) is 0 Å². The average molecular weight is 197 g/mol. The van der Waals surface area contributed by atoms with Crippen molar-refractivity contribution in [1.29, 1.82) is 0 Å². The predicted molar refractivity (Wildman–Crippen MR) is 47.5 cm³/mol. The maximum Gasteiger partial charge on any atom is 0.266 e. The van der Waals surface area contributed by atoms with Gasteiger partial charge in [0.2, 0.25) is 0 Å². The van der Waals surface area contributed by atoms with Gasteiger partial charge in [-0.15, -0.1) is 11.3 Å². The Morgan fingerprint density at radius 2 is 2.54 bits per heavy atom. The van der Waals surface area contributed by atoms with Crippen LogP contribution in [0.3, 0.4) is 0 Å². The lowest BCUT2D eigenvalue weighted by molar-refractivity contribution is 0.0994. The molecule has 0 aliphatic rings. The number of aromatic nitrogens is 2. The van der Waals surface area contributed by atoms with Crippen molar-refractivity contribution in [1.82, 2.24) is 9.38 Å². The van der Waals surface area contributed by atoms with Crippen LogP contribution in [0.25, 0.3) is 4.83 Å². The van der Waals surface area contributed by atoms with Crippen molar-refractivity contribution in [3.05, 3.63) is 23.1 Å². The number of hydrogen-bond acceptors (Lipinski definition) is 4. The lowest BCUT2D eigenvalue weighted by Crippen LogP contribution is -2.14. The van der Waals surface area contributed by atoms with E-state index in [0.717, 1.165) is 4.83 Å². The number of imidazole rings is 1. The second-order valence-corrected chi connectivity index (χ2v) is 3.38. The first-order chi connectivity index (χ1) is 6.24. The summed E-state index contributed by atoms with van der Waals surface area (Å²) in [7, 11) is 0. The van der Waals surface area contributed by atoms with Gasteiger partial charge in [-0.05, 0) is 0 Å². The van der Waals surface area contributed by atoms with Crippen LogP contribution < -0.4 is 5.73 Å². The summed E-state index contributed by atoms with van der Waals surface area (Å²) >= 11 is 1.37. The van der Waals surface area contributed by atoms with Crippen molar-refractivity contribution in [3.8, 4) is 0 Å². The number of amides is 1. The molecule has 2 aromatic heterocycles. The van der Waals surface area contributed by atoms with Gasteiger partial charge in [-0.1, -0.05) is 0 Å². The smallest absolute Gasteiger partial charge is 0.266 e. The Kier molecular flexibility index (Phi) is 1.78. The summed E-state index contributed by atoms with van der Waals surface area (Å²) in [4.78, 5) is 15.7. The monoisotopic (exact) mass is 197 g/mol. The molecule has 1 amide bonds. The van der Waals surface area contributed by atoms with Gasteiger partial charge in [-0.3, -0.25) is 9.20 Å². The molecule has 2 heterocycles. The molecule has 0 atom stereocenters. The zero-order valence-electron chi connectivity index (χ0n) is 6.60. The summed E-state index contributed by atoms with van der Waals surface area (Å²) in [5, 5.41) is 10.6. The van der Waals surface area contributed by atoms with Crippen LogP contribution in [0.4, 0.5) is 0 Å². The maximum atomic E-state index is 10.9. The van der Waals surface area contributed by atoms with Gasteiger partial charge in [0.15, 0.2) is 0 Å². The van der Waals surface area contributed by atoms with Crippen LogP contribution in [0.5, 0.6) is 0 Å². The third-order valence-corrected chi connectivity index (χ3v) is 2.60. The first-order valence-corrected chi connectivity index (χ1v) is 4.46. The minimum Gasteiger partial charge on any atom is -0.388 e. The molecule has 0 aliphatic heterocycles. The molecule has 0 aromatic carbocycles. The first-order valence-electron chi connectivity index (χ1n) is 3.58. The van der Waals surface area contributed by atoms with Crippen molar-refractivity contribution in [2.24, 2.45) is 5.73 Å². The van der Waals surface area contributed by atoms with Gasteiger partial charge in [0.1, 0.15) is 23.0 Å². The van der Waals surface area contributed by atoms with Gasteiger partial charge in [-0.25, -0.2) is 4.98 Å². The fourth-order valence-corrected chi connectivity index (χ4v) is 2.04. The zero-order chi connectivity index (χ0) is 9.42. The SMILES string of the molecule is NC(=O)c1csc2cnc(CO)n12. The van der Waals surface area contributed by atoms with Gasteiger partial charge in [-0.2, -0.15) is 0 Å². The number of fused-ring (bicyclic) bond motifs is 1. The molecule has 2 rings (SSSR count). The number of carbonyl (C=O) groups is 1. The van der Waals surface area contributed by atoms with E-state index in [-0.39, 0.29) is 6.61 Å². The molecule has 13 heavy (non-hydrogen) atoms. The molecule has 3 N–H and O–H groups in total. The van der Waals surface area contributed by atoms with E-state index in [1.807, 2.05) is 0 Å². The van der Waals surface area contributed by atoms with E-state index >= 15 is 0 Å². The van der Waals surface area contributed by atoms with Crippen molar-refractivity contribution >= 4 is 22.1 Å². The highest BCUT2D eigenvalue weighted by Crippen LogP contribution is 2.17. The number of carbonyl (C=O) groups excluding carboxylic acids is 1. The van der Waals surface area contributed by atoms with E-state index in [9.17, 15) is 4.79 Å². The summed E-state index contributed by atoms with van der Waals surface area (Å²) in [5.74, 6) is -0.0796. The Hall–Kier alpha value is -1.40. The van der Waals surface area contributed by atoms with Crippen molar-refractivity contribution < 1.29 is 9.90 Å². The minimum absolute atomic E-state index is 0.203. The highest BCUT2D eigenvalue weighted by atomic mass is 32.1. The molecular formula is C7H7N3O2S. The van der Waals surface area contributed by atoms with Gasteiger partial charge < -0.3 is 10.8 Å². The number of hydrogen-bond donors (Lipinski definition) is 2. The summed E-state index contributed by atoms with van der Waals surface area (Å²) < 4.78 is 1.56. The second kappa shape index (κ2) is 2.82. The molecule has 0 spiro atoms. The van der Waals surface area contributed by atoms with Crippen LogP contribution in [-0.4, -0.2) is 20.4 Å². The van der Waals surface area contributed by atoms with Crippen LogP contribution in [0, 0.1) is 0 Å². The van der Waals surface area contributed by atoms with Crippen LogP contribution in [-0.2, 0) is 6.61 Å². The first kappa shape index (κ1) is 8.21. The third-order valence-electron chi connectivity index (χ3n) is 1.73. The summed E-state index contributed by atoms with van der Waals surface area (Å²) in [5.41, 5.74) is 5.51. The van der Waals surface area contributed by atoms with Crippen LogP contribution >= 0.6 is 11.3 Å². The lowest BCUT2D eigenvalue weighted by atomic mass is 10.4. The van der Waals surface area contributed by atoms with Gasteiger partial charge in [0, 0.05) is 5.38 Å².